The van der Waals surface area contributed by atoms with Crippen LogP contribution in [0.15, 0.2) is 24.3 Å². The van der Waals surface area contributed by atoms with Gasteiger partial charge in [0.2, 0.25) is 12.2 Å². The number of hydrogen-bond acceptors (Lipinski definition) is 12. The summed E-state index contributed by atoms with van der Waals surface area (Å²) in [6.07, 6.45) is -4.98. The molecule has 2 N–H and O–H groups in total. The Morgan fingerprint density at radius 2 is 0.789 bits per heavy atom. The molecule has 2 rings (SSSR count). The van der Waals surface area contributed by atoms with Gasteiger partial charge in [0.05, 0.1) is 42.7 Å². The van der Waals surface area contributed by atoms with Gasteiger partial charge in [0.15, 0.2) is 0 Å². The Labute approximate surface area is 216 Å². The lowest BCUT2D eigenvalue weighted by molar-refractivity contribution is -0.166. The molecule has 0 heterocycles. The van der Waals surface area contributed by atoms with E-state index >= 15 is 0 Å². The lowest BCUT2D eigenvalue weighted by Crippen LogP contribution is -2.46. The minimum atomic E-state index is -2.49. The van der Waals surface area contributed by atoms with Gasteiger partial charge in [-0.25, -0.2) is 19.2 Å². The monoisotopic (exact) mass is 538 g/mol. The van der Waals surface area contributed by atoms with Crippen molar-refractivity contribution in [3.63, 3.8) is 0 Å². The summed E-state index contributed by atoms with van der Waals surface area (Å²) in [5.74, 6) is -6.50. The van der Waals surface area contributed by atoms with Gasteiger partial charge < -0.3 is 48.1 Å². The zero-order valence-corrected chi connectivity index (χ0v) is 21.3. The van der Waals surface area contributed by atoms with Crippen molar-refractivity contribution in [2.75, 3.05) is 42.7 Å². The zero-order valence-electron chi connectivity index (χ0n) is 21.3. The number of rotatable bonds is 13. The van der Waals surface area contributed by atoms with Crippen LogP contribution < -0.4 is 28.4 Å². The molecule has 0 saturated carbocycles. The number of carbonyl (C=O) groups excluding carboxylic acids is 2. The van der Waals surface area contributed by atoms with Crippen molar-refractivity contribution in [3.05, 3.63) is 35.4 Å². The minimum absolute atomic E-state index is 0.119. The lowest BCUT2D eigenvalue weighted by atomic mass is 10.1. The Hall–Kier alpha value is -4.88. The third-order valence-corrected chi connectivity index (χ3v) is 5.07. The van der Waals surface area contributed by atoms with Crippen LogP contribution in [0.3, 0.4) is 0 Å². The smallest absolute Gasteiger partial charge is 0.349 e. The van der Waals surface area contributed by atoms with Crippen LogP contribution in [-0.4, -0.2) is 89.0 Å². The molecule has 2 aromatic rings. The predicted octanol–water partition coefficient (Wildman–Crippen LogP) is 1.66. The van der Waals surface area contributed by atoms with Gasteiger partial charge in [-0.15, -0.1) is 0 Å². The lowest BCUT2D eigenvalue weighted by Gasteiger charge is -2.23. The highest BCUT2D eigenvalue weighted by atomic mass is 16.6. The molecule has 38 heavy (non-hydrogen) atoms. The van der Waals surface area contributed by atoms with Crippen molar-refractivity contribution >= 4 is 23.9 Å². The van der Waals surface area contributed by atoms with Crippen molar-refractivity contribution < 1.29 is 67.3 Å². The van der Waals surface area contributed by atoms with E-state index in [1.54, 1.807) is 0 Å². The number of hydrogen-bond donors (Lipinski definition) is 2. The molecule has 0 fully saturated rings. The summed E-state index contributed by atoms with van der Waals surface area (Å²) in [7, 11) is 7.58. The largest absolute Gasteiger partial charge is 0.496 e. The molecule has 0 aliphatic heterocycles. The number of esters is 2. The number of benzene rings is 2. The summed E-state index contributed by atoms with van der Waals surface area (Å²) in [5.41, 5.74) is -0.730. The summed E-state index contributed by atoms with van der Waals surface area (Å²) >= 11 is 0. The molecular weight excluding hydrogens is 512 g/mol. The maximum absolute atomic E-state index is 13.0. The SMILES string of the molecule is COc1cc(OC)c(C(=O)O[C@@H](C(=O)O)[C@@H](OC(=O)c2c(OC)cc(OC)cc2OC)C(=O)O)c(OC)c1. The molecule has 14 nitrogen and oxygen atoms in total. The Balaban J connectivity index is 2.48. The average Bonchev–Trinajstić information content (AvgIpc) is 2.92. The van der Waals surface area contributed by atoms with Crippen molar-refractivity contribution in [3.8, 4) is 34.5 Å². The van der Waals surface area contributed by atoms with Gasteiger partial charge in [-0.1, -0.05) is 0 Å². The highest BCUT2D eigenvalue weighted by Gasteiger charge is 2.42. The normalized spacial score (nSPS) is 11.8. The van der Waals surface area contributed by atoms with E-state index in [0.717, 1.165) is 0 Å². The van der Waals surface area contributed by atoms with Gasteiger partial charge in [-0.3, -0.25) is 0 Å². The van der Waals surface area contributed by atoms with E-state index in [0.29, 0.717) is 0 Å². The van der Waals surface area contributed by atoms with E-state index in [1.807, 2.05) is 0 Å². The van der Waals surface area contributed by atoms with Crippen molar-refractivity contribution in [1.29, 1.82) is 0 Å². The third-order valence-electron chi connectivity index (χ3n) is 5.07. The van der Waals surface area contributed by atoms with E-state index in [-0.39, 0.29) is 45.6 Å². The third kappa shape index (κ3) is 6.27. The molecule has 206 valence electrons. The van der Waals surface area contributed by atoms with Gasteiger partial charge in [-0.05, 0) is 0 Å². The van der Waals surface area contributed by atoms with Gasteiger partial charge in [-0.2, -0.15) is 0 Å². The molecule has 0 saturated heterocycles. The highest BCUT2D eigenvalue weighted by molar-refractivity contribution is 6.00. The quantitative estimate of drug-likeness (QED) is 0.351. The second kappa shape index (κ2) is 12.9. The second-order valence-electron chi connectivity index (χ2n) is 7.14. The summed E-state index contributed by atoms with van der Waals surface area (Å²) in [6, 6.07) is 5.19. The average molecular weight is 538 g/mol. The number of methoxy groups -OCH3 is 6. The maximum Gasteiger partial charge on any atom is 0.349 e. The van der Waals surface area contributed by atoms with Crippen LogP contribution >= 0.6 is 0 Å². The Morgan fingerprint density at radius 1 is 0.526 bits per heavy atom. The number of carboxylic acids is 2. The summed E-state index contributed by atoms with van der Waals surface area (Å²) in [5, 5.41) is 19.4. The van der Waals surface area contributed by atoms with E-state index in [4.69, 9.17) is 37.9 Å². The van der Waals surface area contributed by atoms with Crippen molar-refractivity contribution in [2.45, 2.75) is 12.2 Å². The fourth-order valence-electron chi connectivity index (χ4n) is 3.25. The zero-order chi connectivity index (χ0) is 28.6. The molecule has 0 aliphatic carbocycles. The topological polar surface area (TPSA) is 183 Å². The first-order valence-electron chi connectivity index (χ1n) is 10.5. The Bertz CT molecular complexity index is 1060. The molecule has 0 radical (unpaired) electrons. The number of aliphatic carboxylic acids is 2. The first kappa shape index (κ1) is 29.4. The van der Waals surface area contributed by atoms with Crippen LogP contribution in [0, 0.1) is 0 Å². The van der Waals surface area contributed by atoms with Crippen molar-refractivity contribution in [2.24, 2.45) is 0 Å². The molecule has 0 unspecified atom stereocenters. The van der Waals surface area contributed by atoms with Gasteiger partial charge in [0, 0.05) is 24.3 Å². The standard InChI is InChI=1S/C24H26O14/c1-31-11-7-13(33-3)17(14(8-11)34-4)23(29)37-19(21(25)26)20(22(27)28)38-24(30)18-15(35-5)9-12(32-2)10-16(18)36-6/h7-10,19-20H,1-6H3,(H,25,26)(H,27,28)/t19-,20-/m1/s1. The van der Waals surface area contributed by atoms with Crippen LogP contribution in [-0.2, 0) is 19.1 Å². The van der Waals surface area contributed by atoms with E-state index in [1.165, 1.54) is 66.9 Å². The van der Waals surface area contributed by atoms with Gasteiger partial charge >= 0.3 is 23.9 Å². The molecule has 14 heteroatoms. The predicted molar refractivity (Wildman–Crippen MR) is 126 cm³/mol. The van der Waals surface area contributed by atoms with Crippen LogP contribution in [0.2, 0.25) is 0 Å². The molecule has 0 bridgehead atoms. The molecule has 2 aromatic carbocycles. The molecule has 0 aliphatic rings. The molecular formula is C24H26O14. The van der Waals surface area contributed by atoms with Crippen LogP contribution in [0.1, 0.15) is 20.7 Å². The van der Waals surface area contributed by atoms with E-state index in [9.17, 15) is 29.4 Å². The maximum atomic E-state index is 13.0. The Morgan fingerprint density at radius 3 is 0.974 bits per heavy atom. The van der Waals surface area contributed by atoms with Gasteiger partial charge in [0.25, 0.3) is 0 Å². The van der Waals surface area contributed by atoms with Crippen LogP contribution in [0.5, 0.6) is 34.5 Å². The summed E-state index contributed by atoms with van der Waals surface area (Å²) in [6.45, 7) is 0. The first-order chi connectivity index (χ1) is 18.1. The Kier molecular flexibility index (Phi) is 9.96. The number of carboxylic acid groups (broad SMARTS) is 2. The fourth-order valence-corrected chi connectivity index (χ4v) is 3.25. The molecule has 0 amide bonds. The van der Waals surface area contributed by atoms with E-state index in [2.05, 4.69) is 0 Å². The van der Waals surface area contributed by atoms with Crippen molar-refractivity contribution in [1.82, 2.24) is 0 Å². The first-order valence-corrected chi connectivity index (χ1v) is 10.5. The number of ether oxygens (including phenoxy) is 8. The van der Waals surface area contributed by atoms with E-state index < -0.39 is 36.1 Å². The second-order valence-corrected chi connectivity index (χ2v) is 7.14. The minimum Gasteiger partial charge on any atom is -0.496 e. The molecule has 0 spiro atoms. The van der Waals surface area contributed by atoms with Gasteiger partial charge in [0.1, 0.15) is 45.6 Å². The highest BCUT2D eigenvalue weighted by Crippen LogP contribution is 2.36. The summed E-state index contributed by atoms with van der Waals surface area (Å²) < 4.78 is 40.7. The van der Waals surface area contributed by atoms with Crippen LogP contribution in [0.4, 0.5) is 0 Å². The van der Waals surface area contributed by atoms with Crippen LogP contribution in [0.25, 0.3) is 0 Å². The summed E-state index contributed by atoms with van der Waals surface area (Å²) in [4.78, 5) is 50.0. The fraction of sp³-hybridized carbons (Fsp3) is 0.333. The molecule has 2 atom stereocenters. The molecule has 0 aromatic heterocycles. The number of carbonyl (C=O) groups is 4.